The minimum atomic E-state index is -0.554. The first-order chi connectivity index (χ1) is 16.4. The van der Waals surface area contributed by atoms with E-state index in [9.17, 15) is 9.18 Å². The van der Waals surface area contributed by atoms with Crippen molar-refractivity contribution in [1.29, 1.82) is 0 Å². The second kappa shape index (κ2) is 12.7. The predicted octanol–water partition coefficient (Wildman–Crippen LogP) is 3.95. The van der Waals surface area contributed by atoms with Crippen LogP contribution in [0.3, 0.4) is 0 Å². The molecular weight excluding hydrogens is 435 g/mol. The molecule has 2 heterocycles. The van der Waals surface area contributed by atoms with Gasteiger partial charge in [-0.1, -0.05) is 0 Å². The number of rotatable bonds is 11. The quantitative estimate of drug-likeness (QED) is 0.381. The molecule has 3 rings (SSSR count). The highest BCUT2D eigenvalue weighted by molar-refractivity contribution is 5.96. The van der Waals surface area contributed by atoms with Gasteiger partial charge in [0.25, 0.3) is 5.91 Å². The zero-order chi connectivity index (χ0) is 24.5. The number of hydrogen-bond acceptors (Lipinski definition) is 6. The molecule has 0 aliphatic carbocycles. The van der Waals surface area contributed by atoms with Crippen LogP contribution in [0.4, 0.5) is 10.1 Å². The van der Waals surface area contributed by atoms with E-state index in [4.69, 9.17) is 9.47 Å². The van der Waals surface area contributed by atoms with Crippen LogP contribution in [0.5, 0.6) is 5.75 Å². The maximum Gasteiger partial charge on any atom is 0.253 e. The second-order valence-corrected chi connectivity index (χ2v) is 8.94. The monoisotopic (exact) mass is 472 g/mol. The normalized spacial score (nSPS) is 15.7. The number of carbonyl (C=O) groups excluding carboxylic acids is 1. The van der Waals surface area contributed by atoms with Gasteiger partial charge in [-0.3, -0.25) is 4.79 Å². The highest BCUT2D eigenvalue weighted by Crippen LogP contribution is 2.21. The molecule has 1 saturated heterocycles. The van der Waals surface area contributed by atoms with Crippen LogP contribution in [0.1, 0.15) is 47.8 Å². The number of aryl methyl sites for hydroxylation is 2. The summed E-state index contributed by atoms with van der Waals surface area (Å²) in [6.45, 7) is 9.35. The zero-order valence-electron chi connectivity index (χ0n) is 20.7. The van der Waals surface area contributed by atoms with Gasteiger partial charge in [-0.2, -0.15) is 4.39 Å². The number of nitrogens with one attached hydrogen (secondary N) is 2. The molecular formula is C26H37FN4O3. The van der Waals surface area contributed by atoms with Gasteiger partial charge < -0.3 is 25.0 Å². The SMILES string of the molecule is COCCOc1ccc(NC2CCN([C@H](C)CCNC(=O)c3c(C)cc(F)nc3C)CC2)cc1. The van der Waals surface area contributed by atoms with Gasteiger partial charge in [0.15, 0.2) is 0 Å². The molecule has 1 fully saturated rings. The summed E-state index contributed by atoms with van der Waals surface area (Å²) in [5.41, 5.74) is 2.61. The van der Waals surface area contributed by atoms with E-state index < -0.39 is 5.95 Å². The fourth-order valence-corrected chi connectivity index (χ4v) is 4.40. The largest absolute Gasteiger partial charge is 0.491 e. The van der Waals surface area contributed by atoms with Crippen LogP contribution in [-0.4, -0.2) is 67.8 Å². The van der Waals surface area contributed by atoms with Crippen LogP contribution in [0.2, 0.25) is 0 Å². The van der Waals surface area contributed by atoms with Gasteiger partial charge in [0.05, 0.1) is 17.9 Å². The van der Waals surface area contributed by atoms with Crippen molar-refractivity contribution in [2.24, 2.45) is 0 Å². The minimum absolute atomic E-state index is 0.187. The minimum Gasteiger partial charge on any atom is -0.491 e. The number of pyridine rings is 1. The van der Waals surface area contributed by atoms with Crippen molar-refractivity contribution in [1.82, 2.24) is 15.2 Å². The summed E-state index contributed by atoms with van der Waals surface area (Å²) in [6, 6.07) is 10.2. The maximum absolute atomic E-state index is 13.4. The van der Waals surface area contributed by atoms with E-state index in [0.717, 1.165) is 43.8 Å². The molecule has 1 aliphatic heterocycles. The van der Waals surface area contributed by atoms with E-state index in [1.54, 1.807) is 21.0 Å². The predicted molar refractivity (Wildman–Crippen MR) is 132 cm³/mol. The summed E-state index contributed by atoms with van der Waals surface area (Å²) in [7, 11) is 1.66. The highest BCUT2D eigenvalue weighted by Gasteiger charge is 2.23. The van der Waals surface area contributed by atoms with E-state index in [0.29, 0.717) is 48.7 Å². The van der Waals surface area contributed by atoms with Crippen molar-refractivity contribution in [2.75, 3.05) is 45.3 Å². The number of benzene rings is 1. The molecule has 1 aromatic carbocycles. The van der Waals surface area contributed by atoms with Crippen molar-refractivity contribution < 1.29 is 18.7 Å². The average molecular weight is 473 g/mol. The third-order valence-electron chi connectivity index (χ3n) is 6.38. The van der Waals surface area contributed by atoms with Crippen molar-refractivity contribution in [3.8, 4) is 5.75 Å². The molecule has 0 saturated carbocycles. The second-order valence-electron chi connectivity index (χ2n) is 8.94. The third-order valence-corrected chi connectivity index (χ3v) is 6.38. The molecule has 8 heteroatoms. The van der Waals surface area contributed by atoms with E-state index in [2.05, 4.69) is 39.6 Å². The number of likely N-dealkylation sites (tertiary alicyclic amines) is 1. The fourth-order valence-electron chi connectivity index (χ4n) is 4.40. The molecule has 1 aromatic heterocycles. The molecule has 34 heavy (non-hydrogen) atoms. The number of carbonyl (C=O) groups is 1. The molecule has 1 atom stereocenters. The van der Waals surface area contributed by atoms with Gasteiger partial charge in [0.2, 0.25) is 5.95 Å². The van der Waals surface area contributed by atoms with Gasteiger partial charge in [0.1, 0.15) is 12.4 Å². The molecule has 1 aliphatic rings. The molecule has 0 unspecified atom stereocenters. The van der Waals surface area contributed by atoms with Gasteiger partial charge >= 0.3 is 0 Å². The van der Waals surface area contributed by atoms with E-state index >= 15 is 0 Å². The summed E-state index contributed by atoms with van der Waals surface area (Å²) in [5, 5.41) is 6.60. The summed E-state index contributed by atoms with van der Waals surface area (Å²) in [6.07, 6.45) is 3.01. The fraction of sp³-hybridized carbons (Fsp3) is 0.538. The van der Waals surface area contributed by atoms with Crippen molar-refractivity contribution in [3.05, 3.63) is 53.1 Å². The van der Waals surface area contributed by atoms with Crippen molar-refractivity contribution in [3.63, 3.8) is 0 Å². The number of aromatic nitrogens is 1. The molecule has 7 nitrogen and oxygen atoms in total. The van der Waals surface area contributed by atoms with Crippen LogP contribution in [-0.2, 0) is 4.74 Å². The number of nitrogens with zero attached hydrogens (tertiary/aromatic N) is 2. The number of amides is 1. The molecule has 0 spiro atoms. The first-order valence-electron chi connectivity index (χ1n) is 12.0. The lowest BCUT2D eigenvalue weighted by molar-refractivity contribution is 0.0944. The summed E-state index contributed by atoms with van der Waals surface area (Å²) < 4.78 is 24.0. The Bertz CT molecular complexity index is 907. The molecule has 0 bridgehead atoms. The van der Waals surface area contributed by atoms with Gasteiger partial charge in [0, 0.05) is 44.5 Å². The molecule has 1 amide bonds. The number of piperidine rings is 1. The van der Waals surface area contributed by atoms with E-state index in [1.165, 1.54) is 6.07 Å². The Morgan fingerprint density at radius 2 is 1.91 bits per heavy atom. The topological polar surface area (TPSA) is 75.7 Å². The number of methoxy groups -OCH3 is 1. The van der Waals surface area contributed by atoms with Gasteiger partial charge in [-0.25, -0.2) is 4.98 Å². The molecule has 2 N–H and O–H groups in total. The third kappa shape index (κ3) is 7.40. The van der Waals surface area contributed by atoms with E-state index in [1.807, 2.05) is 12.1 Å². The van der Waals surface area contributed by atoms with Crippen LogP contribution in [0.15, 0.2) is 30.3 Å². The summed E-state index contributed by atoms with van der Waals surface area (Å²) >= 11 is 0. The summed E-state index contributed by atoms with van der Waals surface area (Å²) in [4.78, 5) is 18.8. The number of ether oxygens (including phenoxy) is 2. The first-order valence-corrected chi connectivity index (χ1v) is 12.0. The number of halogens is 1. The van der Waals surface area contributed by atoms with Crippen LogP contribution < -0.4 is 15.4 Å². The highest BCUT2D eigenvalue weighted by atomic mass is 19.1. The molecule has 0 radical (unpaired) electrons. The Morgan fingerprint density at radius 1 is 1.21 bits per heavy atom. The Morgan fingerprint density at radius 3 is 2.56 bits per heavy atom. The number of anilines is 1. The standard InChI is InChI=1S/C26H37FN4O3/c1-18-17-24(27)29-20(3)25(18)26(32)28-12-9-19(2)31-13-10-22(11-14-31)30-21-5-7-23(8-6-21)34-16-15-33-4/h5-8,17,19,22,30H,9-16H2,1-4H3,(H,28,32)/t19-/m1/s1. The van der Waals surface area contributed by atoms with Crippen LogP contribution >= 0.6 is 0 Å². The lowest BCUT2D eigenvalue weighted by Gasteiger charge is -2.36. The van der Waals surface area contributed by atoms with Crippen molar-refractivity contribution in [2.45, 2.75) is 52.1 Å². The average Bonchev–Trinajstić information content (AvgIpc) is 2.80. The zero-order valence-corrected chi connectivity index (χ0v) is 20.7. The van der Waals surface area contributed by atoms with Crippen molar-refractivity contribution >= 4 is 11.6 Å². The smallest absolute Gasteiger partial charge is 0.253 e. The Hall–Kier alpha value is -2.71. The Kier molecular flexibility index (Phi) is 9.65. The lowest BCUT2D eigenvalue weighted by atomic mass is 10.0. The first kappa shape index (κ1) is 25.9. The summed E-state index contributed by atoms with van der Waals surface area (Å²) in [5.74, 6) is 0.106. The van der Waals surface area contributed by atoms with E-state index in [-0.39, 0.29) is 5.91 Å². The van der Waals surface area contributed by atoms with Gasteiger partial charge in [-0.05, 0) is 75.9 Å². The molecule has 186 valence electrons. The van der Waals surface area contributed by atoms with Crippen LogP contribution in [0.25, 0.3) is 0 Å². The number of hydrogen-bond donors (Lipinski definition) is 2. The van der Waals surface area contributed by atoms with Gasteiger partial charge in [-0.15, -0.1) is 0 Å². The maximum atomic E-state index is 13.4. The Balaban J connectivity index is 1.37. The lowest BCUT2D eigenvalue weighted by Crippen LogP contribution is -2.44. The molecule has 2 aromatic rings. The Labute approximate surface area is 202 Å². The van der Waals surface area contributed by atoms with Crippen LogP contribution in [0, 0.1) is 19.8 Å².